The van der Waals surface area contributed by atoms with E-state index in [1.165, 1.54) is 12.1 Å². The maximum absolute atomic E-state index is 13.2. The van der Waals surface area contributed by atoms with E-state index < -0.39 is 9.84 Å². The Kier molecular flexibility index (Phi) is 4.52. The molecule has 7 heteroatoms. The first-order chi connectivity index (χ1) is 12.8. The van der Waals surface area contributed by atoms with Crippen molar-refractivity contribution in [2.24, 2.45) is 0 Å². The number of benzene rings is 2. The van der Waals surface area contributed by atoms with E-state index in [4.69, 9.17) is 0 Å². The van der Waals surface area contributed by atoms with Crippen LogP contribution in [-0.2, 0) is 21.2 Å². The molecule has 2 aliphatic heterocycles. The Morgan fingerprint density at radius 3 is 2.41 bits per heavy atom. The van der Waals surface area contributed by atoms with Crippen molar-refractivity contribution in [2.45, 2.75) is 25.6 Å². The average Bonchev–Trinajstić information content (AvgIpc) is 2.93. The van der Waals surface area contributed by atoms with Crippen molar-refractivity contribution in [3.8, 4) is 0 Å². The molecular weight excluding hydrogens is 367 g/mol. The highest BCUT2D eigenvalue weighted by Gasteiger charge is 2.52. The molecule has 2 aromatic carbocycles. The zero-order chi connectivity index (χ0) is 19.2. The summed E-state index contributed by atoms with van der Waals surface area (Å²) in [5.41, 5.74) is 2.73. The first kappa shape index (κ1) is 18.1. The molecule has 0 aliphatic carbocycles. The topological polar surface area (TPSA) is 58.9 Å². The number of quaternary nitrogens is 1. The molecule has 0 aromatic heterocycles. The molecule has 1 amide bonds. The van der Waals surface area contributed by atoms with Gasteiger partial charge < -0.3 is 4.90 Å². The molecule has 2 heterocycles. The lowest BCUT2D eigenvalue weighted by Crippen LogP contribution is -3.19. The van der Waals surface area contributed by atoms with Crippen molar-refractivity contribution < 1.29 is 22.5 Å². The van der Waals surface area contributed by atoms with Crippen molar-refractivity contribution in [1.82, 2.24) is 0 Å². The van der Waals surface area contributed by atoms with Crippen LogP contribution in [0.4, 0.5) is 10.1 Å². The minimum atomic E-state index is -3.21. The lowest BCUT2D eigenvalue weighted by atomic mass is 10.0. The molecule has 1 N–H and O–H groups in total. The van der Waals surface area contributed by atoms with E-state index in [9.17, 15) is 17.6 Å². The van der Waals surface area contributed by atoms with E-state index in [0.29, 0.717) is 6.54 Å². The summed E-state index contributed by atoms with van der Waals surface area (Å²) in [5, 5.41) is 0. The van der Waals surface area contributed by atoms with Crippen LogP contribution in [0.2, 0.25) is 0 Å². The molecule has 2 aliphatic rings. The van der Waals surface area contributed by atoms with Crippen molar-refractivity contribution >= 4 is 21.4 Å². The van der Waals surface area contributed by atoms with Crippen molar-refractivity contribution in [1.29, 1.82) is 0 Å². The number of aryl methyl sites for hydroxylation is 1. The summed E-state index contributed by atoms with van der Waals surface area (Å²) in [5.74, 6) is -0.321. The molecule has 142 valence electrons. The molecule has 4 rings (SSSR count). The molecule has 0 saturated carbocycles. The second kappa shape index (κ2) is 6.73. The molecule has 1 unspecified atom stereocenters. The normalized spacial score (nSPS) is 26.8. The molecule has 0 bridgehead atoms. The van der Waals surface area contributed by atoms with Gasteiger partial charge in [0, 0.05) is 11.3 Å². The van der Waals surface area contributed by atoms with Gasteiger partial charge in [0.15, 0.2) is 16.4 Å². The minimum absolute atomic E-state index is 0.00972. The molecule has 3 atom stereocenters. The van der Waals surface area contributed by atoms with Crippen LogP contribution in [0.25, 0.3) is 0 Å². The van der Waals surface area contributed by atoms with Gasteiger partial charge in [0.1, 0.15) is 30.2 Å². The summed E-state index contributed by atoms with van der Waals surface area (Å²) in [6, 6.07) is 13.2. The highest BCUT2D eigenvalue weighted by molar-refractivity contribution is 7.91. The number of sulfone groups is 1. The van der Waals surface area contributed by atoms with Gasteiger partial charge in [-0.15, -0.1) is 0 Å². The minimum Gasteiger partial charge on any atom is -0.318 e. The largest absolute Gasteiger partial charge is 0.318 e. The lowest BCUT2D eigenvalue weighted by molar-refractivity contribution is -0.931. The van der Waals surface area contributed by atoms with E-state index in [2.05, 4.69) is 0 Å². The number of nitrogens with one attached hydrogen (secondary N) is 1. The monoisotopic (exact) mass is 389 g/mol. The maximum atomic E-state index is 13.2. The number of piperazine rings is 1. The predicted octanol–water partition coefficient (Wildman–Crippen LogP) is 0.731. The molecule has 5 nitrogen and oxygen atoms in total. The Labute approximate surface area is 158 Å². The van der Waals surface area contributed by atoms with Crippen LogP contribution in [-0.4, -0.2) is 44.5 Å². The molecule has 0 radical (unpaired) electrons. The molecular formula is C20H22FN2O3S+. The van der Waals surface area contributed by atoms with Crippen molar-refractivity contribution in [3.63, 3.8) is 0 Å². The van der Waals surface area contributed by atoms with E-state index in [-0.39, 0.29) is 41.9 Å². The molecule has 27 heavy (non-hydrogen) atoms. The van der Waals surface area contributed by atoms with Crippen molar-refractivity contribution in [2.75, 3.05) is 23.0 Å². The van der Waals surface area contributed by atoms with Crippen LogP contribution in [0.15, 0.2) is 48.5 Å². The second-order valence-electron chi connectivity index (χ2n) is 7.49. The summed E-state index contributed by atoms with van der Waals surface area (Å²) in [4.78, 5) is 15.5. The molecule has 2 aromatic rings. The standard InChI is InChI=1S/C20H21FN2O3S/c1-14-2-8-17(9-3-14)23-19-13-27(25,26)12-18(19)22(11-20(23)24)10-15-4-6-16(21)7-5-15/h2-9,18-19H,10-13H2,1H3/p+1/t18-,19+/m1/s1. The first-order valence-corrected chi connectivity index (χ1v) is 10.8. The summed E-state index contributed by atoms with van der Waals surface area (Å²) in [7, 11) is -3.21. The molecule has 0 spiro atoms. The third-order valence-electron chi connectivity index (χ3n) is 5.48. The van der Waals surface area contributed by atoms with Crippen LogP contribution in [0.1, 0.15) is 11.1 Å². The van der Waals surface area contributed by atoms with Crippen LogP contribution in [0.5, 0.6) is 0 Å². The Bertz CT molecular complexity index is 958. The van der Waals surface area contributed by atoms with E-state index in [1.54, 1.807) is 17.0 Å². The van der Waals surface area contributed by atoms with Gasteiger partial charge in [0.05, 0.1) is 5.75 Å². The molecule has 2 fully saturated rings. The Hall–Kier alpha value is -2.25. The van der Waals surface area contributed by atoms with Crippen LogP contribution >= 0.6 is 0 Å². The molecule has 2 saturated heterocycles. The van der Waals surface area contributed by atoms with Crippen LogP contribution in [0.3, 0.4) is 0 Å². The fourth-order valence-corrected chi connectivity index (χ4v) is 6.21. The Morgan fingerprint density at radius 1 is 1.07 bits per heavy atom. The summed E-state index contributed by atoms with van der Waals surface area (Å²) in [6.45, 7) is 2.70. The predicted molar refractivity (Wildman–Crippen MR) is 101 cm³/mol. The van der Waals surface area contributed by atoms with Gasteiger partial charge in [-0.1, -0.05) is 29.8 Å². The smallest absolute Gasteiger partial charge is 0.282 e. The summed E-state index contributed by atoms with van der Waals surface area (Å²) in [6.07, 6.45) is 0. The van der Waals surface area contributed by atoms with Gasteiger partial charge in [-0.25, -0.2) is 12.8 Å². The van der Waals surface area contributed by atoms with Gasteiger partial charge in [0.2, 0.25) is 0 Å². The van der Waals surface area contributed by atoms with Crippen molar-refractivity contribution in [3.05, 3.63) is 65.5 Å². The average molecular weight is 389 g/mol. The summed E-state index contributed by atoms with van der Waals surface area (Å²) >= 11 is 0. The Morgan fingerprint density at radius 2 is 1.74 bits per heavy atom. The maximum Gasteiger partial charge on any atom is 0.282 e. The fourth-order valence-electron chi connectivity index (χ4n) is 4.17. The number of anilines is 1. The second-order valence-corrected chi connectivity index (χ2v) is 9.64. The quantitative estimate of drug-likeness (QED) is 0.842. The Balaban J connectivity index is 1.65. The number of carbonyl (C=O) groups is 1. The van der Waals surface area contributed by atoms with Gasteiger partial charge in [-0.05, 0) is 31.2 Å². The first-order valence-electron chi connectivity index (χ1n) is 9.00. The number of carbonyl (C=O) groups excluding carboxylic acids is 1. The van der Waals surface area contributed by atoms with E-state index in [1.807, 2.05) is 31.2 Å². The number of hydrogen-bond donors (Lipinski definition) is 1. The number of hydrogen-bond acceptors (Lipinski definition) is 3. The van der Waals surface area contributed by atoms with Crippen LogP contribution in [0, 0.1) is 12.7 Å². The number of amides is 1. The van der Waals surface area contributed by atoms with E-state index >= 15 is 0 Å². The number of nitrogens with zero attached hydrogens (tertiary/aromatic N) is 1. The van der Waals surface area contributed by atoms with Gasteiger partial charge in [-0.2, -0.15) is 0 Å². The zero-order valence-electron chi connectivity index (χ0n) is 15.1. The van der Waals surface area contributed by atoms with Gasteiger partial charge >= 0.3 is 0 Å². The van der Waals surface area contributed by atoms with E-state index in [0.717, 1.165) is 21.7 Å². The van der Waals surface area contributed by atoms with Gasteiger partial charge in [0.25, 0.3) is 5.91 Å². The highest BCUT2D eigenvalue weighted by atomic mass is 32.2. The fraction of sp³-hybridized carbons (Fsp3) is 0.350. The number of rotatable bonds is 3. The SMILES string of the molecule is Cc1ccc(N2C(=O)C[NH+](Cc3ccc(F)cc3)[C@@H]3CS(=O)(=O)C[C@@H]32)cc1. The van der Waals surface area contributed by atoms with Gasteiger partial charge in [-0.3, -0.25) is 9.69 Å². The number of fused-ring (bicyclic) bond motifs is 1. The third kappa shape index (κ3) is 3.61. The van der Waals surface area contributed by atoms with Crippen LogP contribution < -0.4 is 9.80 Å². The summed E-state index contributed by atoms with van der Waals surface area (Å²) < 4.78 is 37.9. The lowest BCUT2D eigenvalue weighted by Gasteiger charge is -2.40. The highest BCUT2D eigenvalue weighted by Crippen LogP contribution is 2.26. The zero-order valence-corrected chi connectivity index (χ0v) is 15.9. The number of halogens is 1. The third-order valence-corrected chi connectivity index (χ3v) is 7.20.